The summed E-state index contributed by atoms with van der Waals surface area (Å²) in [6.07, 6.45) is 0. The summed E-state index contributed by atoms with van der Waals surface area (Å²) >= 11 is 5.80. The summed E-state index contributed by atoms with van der Waals surface area (Å²) in [4.78, 5) is 12.9. The minimum absolute atomic E-state index is 0.105. The van der Waals surface area contributed by atoms with Crippen LogP contribution in [0, 0.1) is 10.1 Å². The van der Waals surface area contributed by atoms with Crippen molar-refractivity contribution >= 4 is 17.3 Å². The Morgan fingerprint density at radius 1 is 1.61 bits per heavy atom. The first-order chi connectivity index (χ1) is 8.58. The molecule has 1 aliphatic rings. The topological polar surface area (TPSA) is 58.4 Å². The Balaban J connectivity index is 2.20. The third-order valence-corrected chi connectivity index (χ3v) is 3.49. The second kappa shape index (κ2) is 5.65. The molecule has 1 aromatic rings. The number of nitrogens with one attached hydrogen (secondary N) is 1. The van der Waals surface area contributed by atoms with Crippen molar-refractivity contribution < 1.29 is 4.92 Å². The normalized spacial score (nSPS) is 20.9. The highest BCUT2D eigenvalue weighted by atomic mass is 35.5. The van der Waals surface area contributed by atoms with Crippen LogP contribution in [0.3, 0.4) is 0 Å². The molecule has 1 heterocycles. The van der Waals surface area contributed by atoms with Crippen LogP contribution in [0.2, 0.25) is 5.02 Å². The van der Waals surface area contributed by atoms with Crippen molar-refractivity contribution in [1.82, 2.24) is 10.2 Å². The summed E-state index contributed by atoms with van der Waals surface area (Å²) < 4.78 is 0. The van der Waals surface area contributed by atoms with Gasteiger partial charge in [-0.1, -0.05) is 11.6 Å². The molecule has 2 rings (SSSR count). The number of rotatable bonds is 3. The van der Waals surface area contributed by atoms with Crippen LogP contribution in [-0.4, -0.2) is 35.5 Å². The standard InChI is InChI=1S/C12H16ClN3O2/c1-9-7-14-4-5-15(9)8-10-2-3-11(13)6-12(10)16(17)18/h2-3,6,9,14H,4-5,7-8H2,1H3/t9-/m1/s1. The van der Waals surface area contributed by atoms with Crippen LogP contribution in [-0.2, 0) is 6.54 Å². The molecule has 0 unspecified atom stereocenters. The second-order valence-electron chi connectivity index (χ2n) is 4.55. The molecule has 1 N–H and O–H groups in total. The Kier molecular flexibility index (Phi) is 4.16. The van der Waals surface area contributed by atoms with E-state index in [0.717, 1.165) is 25.2 Å². The second-order valence-corrected chi connectivity index (χ2v) is 4.99. The molecule has 1 saturated heterocycles. The Morgan fingerprint density at radius 3 is 3.06 bits per heavy atom. The quantitative estimate of drug-likeness (QED) is 0.674. The van der Waals surface area contributed by atoms with Crippen molar-refractivity contribution in [3.05, 3.63) is 38.9 Å². The molecule has 1 atom stereocenters. The summed E-state index contributed by atoms with van der Waals surface area (Å²) in [5, 5.41) is 14.7. The minimum Gasteiger partial charge on any atom is -0.314 e. The molecule has 98 valence electrons. The first kappa shape index (κ1) is 13.3. The van der Waals surface area contributed by atoms with E-state index < -0.39 is 0 Å². The third-order valence-electron chi connectivity index (χ3n) is 3.26. The lowest BCUT2D eigenvalue weighted by Crippen LogP contribution is -2.49. The van der Waals surface area contributed by atoms with Gasteiger partial charge in [-0.25, -0.2) is 0 Å². The molecular weight excluding hydrogens is 254 g/mol. The number of nitro groups is 1. The number of nitro benzene ring substituents is 1. The van der Waals surface area contributed by atoms with Crippen LogP contribution >= 0.6 is 11.6 Å². The lowest BCUT2D eigenvalue weighted by atomic mass is 10.1. The summed E-state index contributed by atoms with van der Waals surface area (Å²) in [7, 11) is 0. The molecule has 0 radical (unpaired) electrons. The number of hydrogen-bond acceptors (Lipinski definition) is 4. The number of piperazine rings is 1. The lowest BCUT2D eigenvalue weighted by Gasteiger charge is -2.33. The molecule has 1 fully saturated rings. The molecule has 1 aromatic carbocycles. The van der Waals surface area contributed by atoms with Crippen LogP contribution in [0.1, 0.15) is 12.5 Å². The zero-order chi connectivity index (χ0) is 13.1. The highest BCUT2D eigenvalue weighted by Gasteiger charge is 2.22. The van der Waals surface area contributed by atoms with Gasteiger partial charge < -0.3 is 5.32 Å². The summed E-state index contributed by atoms with van der Waals surface area (Å²) in [5.41, 5.74) is 0.825. The van der Waals surface area contributed by atoms with E-state index in [0.29, 0.717) is 17.6 Å². The fourth-order valence-corrected chi connectivity index (χ4v) is 2.34. The molecule has 5 nitrogen and oxygen atoms in total. The fourth-order valence-electron chi connectivity index (χ4n) is 2.18. The van der Waals surface area contributed by atoms with E-state index in [4.69, 9.17) is 11.6 Å². The number of halogens is 1. The predicted octanol–water partition coefficient (Wildman–Crippen LogP) is 2.04. The maximum atomic E-state index is 11.0. The Morgan fingerprint density at radius 2 is 2.39 bits per heavy atom. The molecule has 0 aliphatic carbocycles. The molecule has 1 aliphatic heterocycles. The Hall–Kier alpha value is -1.17. The van der Waals surface area contributed by atoms with Crippen LogP contribution < -0.4 is 5.32 Å². The van der Waals surface area contributed by atoms with Crippen molar-refractivity contribution in [2.45, 2.75) is 19.5 Å². The molecule has 0 spiro atoms. The van der Waals surface area contributed by atoms with Crippen LogP contribution in [0.4, 0.5) is 5.69 Å². The van der Waals surface area contributed by atoms with Crippen molar-refractivity contribution in [3.8, 4) is 0 Å². The van der Waals surface area contributed by atoms with E-state index in [2.05, 4.69) is 17.1 Å². The zero-order valence-electron chi connectivity index (χ0n) is 10.2. The largest absolute Gasteiger partial charge is 0.314 e. The van der Waals surface area contributed by atoms with Gasteiger partial charge in [0.15, 0.2) is 0 Å². The maximum absolute atomic E-state index is 11.0. The molecule has 0 aromatic heterocycles. The first-order valence-corrected chi connectivity index (χ1v) is 6.33. The zero-order valence-corrected chi connectivity index (χ0v) is 11.0. The minimum atomic E-state index is -0.367. The average molecular weight is 270 g/mol. The van der Waals surface area contributed by atoms with E-state index in [9.17, 15) is 10.1 Å². The smallest absolute Gasteiger partial charge is 0.275 e. The van der Waals surface area contributed by atoms with E-state index >= 15 is 0 Å². The lowest BCUT2D eigenvalue weighted by molar-refractivity contribution is -0.385. The summed E-state index contributed by atoms with van der Waals surface area (Å²) in [6.45, 7) is 5.46. The van der Waals surface area contributed by atoms with Gasteiger partial charge in [-0.3, -0.25) is 15.0 Å². The first-order valence-electron chi connectivity index (χ1n) is 5.95. The van der Waals surface area contributed by atoms with Crippen LogP contribution in [0.15, 0.2) is 18.2 Å². The van der Waals surface area contributed by atoms with E-state index in [1.165, 1.54) is 6.07 Å². The van der Waals surface area contributed by atoms with Gasteiger partial charge in [0.2, 0.25) is 0 Å². The SMILES string of the molecule is C[C@@H]1CNCCN1Cc1ccc(Cl)cc1[N+](=O)[O-]. The van der Waals surface area contributed by atoms with Gasteiger partial charge in [-0.15, -0.1) is 0 Å². The average Bonchev–Trinajstić information content (AvgIpc) is 2.34. The summed E-state index contributed by atoms with van der Waals surface area (Å²) in [5.74, 6) is 0. The van der Waals surface area contributed by atoms with Gasteiger partial charge in [0.05, 0.1) is 4.92 Å². The maximum Gasteiger partial charge on any atom is 0.275 e. The van der Waals surface area contributed by atoms with E-state index in [-0.39, 0.29) is 10.6 Å². The van der Waals surface area contributed by atoms with E-state index in [1.807, 2.05) is 0 Å². The number of nitrogens with zero attached hydrogens (tertiary/aromatic N) is 2. The van der Waals surface area contributed by atoms with Gasteiger partial charge in [-0.2, -0.15) is 0 Å². The van der Waals surface area contributed by atoms with Gasteiger partial charge in [-0.05, 0) is 19.1 Å². The van der Waals surface area contributed by atoms with Crippen LogP contribution in [0.5, 0.6) is 0 Å². The van der Waals surface area contributed by atoms with Gasteiger partial charge in [0, 0.05) is 48.9 Å². The Bertz CT molecular complexity index is 453. The predicted molar refractivity (Wildman–Crippen MR) is 70.8 cm³/mol. The molecule has 6 heteroatoms. The Labute approximate surface area is 111 Å². The molecule has 18 heavy (non-hydrogen) atoms. The van der Waals surface area contributed by atoms with E-state index in [1.54, 1.807) is 12.1 Å². The van der Waals surface area contributed by atoms with Crippen molar-refractivity contribution in [2.24, 2.45) is 0 Å². The van der Waals surface area contributed by atoms with Crippen molar-refractivity contribution in [1.29, 1.82) is 0 Å². The fraction of sp³-hybridized carbons (Fsp3) is 0.500. The molecule has 0 bridgehead atoms. The highest BCUT2D eigenvalue weighted by molar-refractivity contribution is 6.30. The third kappa shape index (κ3) is 2.98. The molecule has 0 saturated carbocycles. The number of benzene rings is 1. The van der Waals surface area contributed by atoms with Gasteiger partial charge in [0.1, 0.15) is 0 Å². The monoisotopic (exact) mass is 269 g/mol. The van der Waals surface area contributed by atoms with Crippen molar-refractivity contribution in [2.75, 3.05) is 19.6 Å². The number of hydrogen-bond donors (Lipinski definition) is 1. The molecule has 0 amide bonds. The highest BCUT2D eigenvalue weighted by Crippen LogP contribution is 2.25. The van der Waals surface area contributed by atoms with Crippen LogP contribution in [0.25, 0.3) is 0 Å². The van der Waals surface area contributed by atoms with Crippen molar-refractivity contribution in [3.63, 3.8) is 0 Å². The van der Waals surface area contributed by atoms with Gasteiger partial charge in [0.25, 0.3) is 5.69 Å². The van der Waals surface area contributed by atoms with Gasteiger partial charge >= 0.3 is 0 Å². The molecular formula is C12H16ClN3O2. The summed E-state index contributed by atoms with van der Waals surface area (Å²) in [6, 6.07) is 5.25.